The number of anilines is 1. The molecule has 1 aromatic rings. The highest BCUT2D eigenvalue weighted by atomic mass is 16.5. The molecular weight excluding hydrogens is 220 g/mol. The molecule has 2 fully saturated rings. The van der Waals surface area contributed by atoms with Crippen molar-refractivity contribution in [3.63, 3.8) is 0 Å². The Labute approximate surface area is 99.0 Å². The van der Waals surface area contributed by atoms with E-state index < -0.39 is 0 Å². The summed E-state index contributed by atoms with van der Waals surface area (Å²) in [4.78, 5) is 13.5. The van der Waals surface area contributed by atoms with Crippen molar-refractivity contribution < 1.29 is 14.6 Å². The lowest BCUT2D eigenvalue weighted by atomic mass is 10.0. The zero-order valence-corrected chi connectivity index (χ0v) is 9.35. The van der Waals surface area contributed by atoms with E-state index in [1.54, 1.807) is 29.2 Å². The maximum Gasteiger partial charge on any atom is 0.322 e. The van der Waals surface area contributed by atoms with Gasteiger partial charge >= 0.3 is 6.03 Å². The van der Waals surface area contributed by atoms with Crippen molar-refractivity contribution in [3.8, 4) is 5.75 Å². The Bertz CT molecular complexity index is 455. The van der Waals surface area contributed by atoms with Crippen LogP contribution in [0.3, 0.4) is 0 Å². The number of nitrogens with zero attached hydrogens (tertiary/aromatic N) is 1. The van der Waals surface area contributed by atoms with Gasteiger partial charge in [0.05, 0.1) is 24.4 Å². The minimum absolute atomic E-state index is 0.124. The Hall–Kier alpha value is -1.75. The topological polar surface area (TPSA) is 61.8 Å². The molecule has 2 N–H and O–H groups in total. The Morgan fingerprint density at radius 2 is 2.24 bits per heavy atom. The van der Waals surface area contributed by atoms with Crippen LogP contribution < -0.4 is 10.2 Å². The maximum absolute atomic E-state index is 11.9. The molecule has 1 spiro atoms. The standard InChI is InChI=1S/C12H14N2O3/c15-10-4-2-1-3-9(10)14-7-12(13-11(14)16)5-6-17-8-12/h1-4,15H,5-8H2,(H,13,16). The summed E-state index contributed by atoms with van der Waals surface area (Å²) in [7, 11) is 0. The van der Waals surface area contributed by atoms with Gasteiger partial charge in [-0.15, -0.1) is 0 Å². The van der Waals surface area contributed by atoms with Crippen LogP contribution in [0, 0.1) is 0 Å². The van der Waals surface area contributed by atoms with Crippen LogP contribution in [-0.4, -0.2) is 36.4 Å². The fourth-order valence-corrected chi connectivity index (χ4v) is 2.43. The molecule has 0 aromatic heterocycles. The zero-order chi connectivity index (χ0) is 11.9. The third kappa shape index (κ3) is 1.63. The Morgan fingerprint density at radius 3 is 2.94 bits per heavy atom. The molecule has 17 heavy (non-hydrogen) atoms. The first-order chi connectivity index (χ1) is 8.20. The number of carbonyl (C=O) groups is 1. The monoisotopic (exact) mass is 234 g/mol. The third-order valence-electron chi connectivity index (χ3n) is 3.35. The summed E-state index contributed by atoms with van der Waals surface area (Å²) in [6.45, 7) is 1.77. The molecule has 2 aliphatic heterocycles. The first kappa shape index (κ1) is 10.4. The lowest BCUT2D eigenvalue weighted by molar-refractivity contribution is 0.176. The summed E-state index contributed by atoms with van der Waals surface area (Å²) < 4.78 is 5.34. The lowest BCUT2D eigenvalue weighted by Gasteiger charge is -2.20. The zero-order valence-electron chi connectivity index (χ0n) is 9.35. The van der Waals surface area contributed by atoms with E-state index in [4.69, 9.17) is 4.74 Å². The molecule has 0 aliphatic carbocycles. The quantitative estimate of drug-likeness (QED) is 0.764. The van der Waals surface area contributed by atoms with E-state index in [2.05, 4.69) is 5.32 Å². The van der Waals surface area contributed by atoms with Gasteiger partial charge in [-0.25, -0.2) is 4.79 Å². The molecule has 5 heteroatoms. The van der Waals surface area contributed by atoms with E-state index in [9.17, 15) is 9.90 Å². The molecule has 90 valence electrons. The average molecular weight is 234 g/mol. The van der Waals surface area contributed by atoms with Gasteiger partial charge < -0.3 is 15.2 Å². The van der Waals surface area contributed by atoms with Gasteiger partial charge in [-0.3, -0.25) is 4.90 Å². The Morgan fingerprint density at radius 1 is 1.41 bits per heavy atom. The van der Waals surface area contributed by atoms with Crippen molar-refractivity contribution in [3.05, 3.63) is 24.3 Å². The molecule has 1 atom stereocenters. The average Bonchev–Trinajstić information content (AvgIpc) is 2.88. The minimum Gasteiger partial charge on any atom is -0.506 e. The molecule has 3 rings (SSSR count). The number of hydrogen-bond donors (Lipinski definition) is 2. The van der Waals surface area contributed by atoms with Crippen molar-refractivity contribution in [1.82, 2.24) is 5.32 Å². The van der Waals surface area contributed by atoms with Gasteiger partial charge in [0, 0.05) is 6.61 Å². The summed E-state index contributed by atoms with van der Waals surface area (Å²) in [5, 5.41) is 12.7. The number of hydrogen-bond acceptors (Lipinski definition) is 3. The highest BCUT2D eigenvalue weighted by molar-refractivity contribution is 5.96. The molecule has 2 amide bonds. The van der Waals surface area contributed by atoms with Gasteiger partial charge in [0.15, 0.2) is 0 Å². The second-order valence-electron chi connectivity index (χ2n) is 4.59. The van der Waals surface area contributed by atoms with E-state index in [-0.39, 0.29) is 17.3 Å². The van der Waals surface area contributed by atoms with Crippen molar-refractivity contribution in [2.45, 2.75) is 12.0 Å². The molecule has 2 aliphatic rings. The van der Waals surface area contributed by atoms with Gasteiger partial charge in [-0.2, -0.15) is 0 Å². The SMILES string of the molecule is O=C1NC2(CCOC2)CN1c1ccccc1O. The molecule has 2 saturated heterocycles. The number of rotatable bonds is 1. The first-order valence-electron chi connectivity index (χ1n) is 5.66. The molecule has 0 saturated carbocycles. The Kier molecular flexibility index (Phi) is 2.22. The summed E-state index contributed by atoms with van der Waals surface area (Å²) in [5.74, 6) is 0.124. The Balaban J connectivity index is 1.90. The number of urea groups is 1. The van der Waals surface area contributed by atoms with E-state index >= 15 is 0 Å². The van der Waals surface area contributed by atoms with Crippen LogP contribution in [0.2, 0.25) is 0 Å². The van der Waals surface area contributed by atoms with Gasteiger partial charge in [0.2, 0.25) is 0 Å². The number of phenols is 1. The van der Waals surface area contributed by atoms with E-state index in [0.717, 1.165) is 6.42 Å². The summed E-state index contributed by atoms with van der Waals surface area (Å²) in [6, 6.07) is 6.69. The molecule has 5 nitrogen and oxygen atoms in total. The fraction of sp³-hybridized carbons (Fsp3) is 0.417. The summed E-state index contributed by atoms with van der Waals surface area (Å²) in [6.07, 6.45) is 0.822. The van der Waals surface area contributed by atoms with Crippen LogP contribution in [-0.2, 0) is 4.74 Å². The molecule has 0 radical (unpaired) electrons. The number of benzene rings is 1. The predicted octanol–water partition coefficient (Wildman–Crippen LogP) is 1.08. The first-order valence-corrected chi connectivity index (χ1v) is 5.66. The van der Waals surface area contributed by atoms with Crippen LogP contribution in [0.5, 0.6) is 5.75 Å². The van der Waals surface area contributed by atoms with E-state index in [1.165, 1.54) is 0 Å². The summed E-state index contributed by atoms with van der Waals surface area (Å²) in [5.41, 5.74) is 0.271. The van der Waals surface area contributed by atoms with Crippen LogP contribution in [0.25, 0.3) is 0 Å². The molecule has 1 unspecified atom stereocenters. The predicted molar refractivity (Wildman–Crippen MR) is 62.2 cm³/mol. The van der Waals surface area contributed by atoms with Crippen molar-refractivity contribution in [2.24, 2.45) is 0 Å². The number of phenolic OH excluding ortho intramolecular Hbond substituents is 1. The normalized spacial score (nSPS) is 27.8. The molecular formula is C12H14N2O3. The highest BCUT2D eigenvalue weighted by Crippen LogP contribution is 2.33. The number of amides is 2. The van der Waals surface area contributed by atoms with Crippen molar-refractivity contribution in [1.29, 1.82) is 0 Å². The fourth-order valence-electron chi connectivity index (χ4n) is 2.43. The van der Waals surface area contributed by atoms with Gasteiger partial charge in [0.25, 0.3) is 0 Å². The number of nitrogens with one attached hydrogen (secondary N) is 1. The molecule has 0 bridgehead atoms. The number of aromatic hydroxyl groups is 1. The largest absolute Gasteiger partial charge is 0.506 e. The molecule has 2 heterocycles. The maximum atomic E-state index is 11.9. The molecule has 1 aromatic carbocycles. The van der Waals surface area contributed by atoms with Crippen LogP contribution in [0.4, 0.5) is 10.5 Å². The van der Waals surface area contributed by atoms with Gasteiger partial charge in [-0.1, -0.05) is 12.1 Å². The summed E-state index contributed by atoms with van der Waals surface area (Å²) >= 11 is 0. The van der Waals surface area contributed by atoms with Crippen LogP contribution in [0.15, 0.2) is 24.3 Å². The number of para-hydroxylation sites is 2. The smallest absolute Gasteiger partial charge is 0.322 e. The lowest BCUT2D eigenvalue weighted by Crippen LogP contribution is -2.43. The van der Waals surface area contributed by atoms with Crippen LogP contribution in [0.1, 0.15) is 6.42 Å². The number of ether oxygens (including phenoxy) is 1. The van der Waals surface area contributed by atoms with E-state index in [1.807, 2.05) is 0 Å². The van der Waals surface area contributed by atoms with Crippen molar-refractivity contribution in [2.75, 3.05) is 24.7 Å². The second-order valence-corrected chi connectivity index (χ2v) is 4.59. The van der Waals surface area contributed by atoms with Crippen LogP contribution >= 0.6 is 0 Å². The number of carbonyl (C=O) groups excluding carboxylic acids is 1. The van der Waals surface area contributed by atoms with Gasteiger partial charge in [0.1, 0.15) is 5.75 Å². The van der Waals surface area contributed by atoms with E-state index in [0.29, 0.717) is 25.4 Å². The van der Waals surface area contributed by atoms with Crippen molar-refractivity contribution >= 4 is 11.7 Å². The minimum atomic E-state index is -0.278. The third-order valence-corrected chi connectivity index (χ3v) is 3.35. The highest BCUT2D eigenvalue weighted by Gasteiger charge is 2.46. The van der Waals surface area contributed by atoms with Gasteiger partial charge in [-0.05, 0) is 18.6 Å². The second kappa shape index (κ2) is 3.63.